The number of anilines is 2. The summed E-state index contributed by atoms with van der Waals surface area (Å²) in [4.78, 5) is 8.06. The molecule has 6 heteroatoms. The summed E-state index contributed by atoms with van der Waals surface area (Å²) in [6, 6.07) is 8.12. The summed E-state index contributed by atoms with van der Waals surface area (Å²) in [6.07, 6.45) is 1.50. The second-order valence-corrected chi connectivity index (χ2v) is 4.22. The van der Waals surface area contributed by atoms with E-state index < -0.39 is 0 Å². The van der Waals surface area contributed by atoms with Gasteiger partial charge in [-0.05, 0) is 18.1 Å². The van der Waals surface area contributed by atoms with Gasteiger partial charge in [0.05, 0.1) is 6.20 Å². The number of hydrogen-bond donors (Lipinski definition) is 3. The summed E-state index contributed by atoms with van der Waals surface area (Å²) >= 11 is 6.00. The summed E-state index contributed by atoms with van der Waals surface area (Å²) < 4.78 is 0. The maximum Gasteiger partial charge on any atom is 0.239 e. The van der Waals surface area contributed by atoms with E-state index in [4.69, 9.17) is 17.4 Å². The van der Waals surface area contributed by atoms with Gasteiger partial charge in [0.1, 0.15) is 5.02 Å². The van der Waals surface area contributed by atoms with Gasteiger partial charge in [0, 0.05) is 6.54 Å². The van der Waals surface area contributed by atoms with E-state index in [1.54, 1.807) is 0 Å². The van der Waals surface area contributed by atoms with Crippen molar-refractivity contribution in [3.8, 4) is 0 Å². The quantitative estimate of drug-likeness (QED) is 0.583. The Morgan fingerprint density at radius 1 is 1.33 bits per heavy atom. The summed E-state index contributed by atoms with van der Waals surface area (Å²) in [6.45, 7) is 2.71. The van der Waals surface area contributed by atoms with Crippen molar-refractivity contribution >= 4 is 23.4 Å². The van der Waals surface area contributed by atoms with Crippen LogP contribution in [0.25, 0.3) is 0 Å². The van der Waals surface area contributed by atoms with Crippen molar-refractivity contribution < 1.29 is 0 Å². The molecule has 5 nitrogen and oxygen atoms in total. The summed E-state index contributed by atoms with van der Waals surface area (Å²) in [7, 11) is 0. The van der Waals surface area contributed by atoms with Crippen molar-refractivity contribution in [2.75, 3.05) is 10.7 Å². The first-order valence-electron chi connectivity index (χ1n) is 5.48. The largest absolute Gasteiger partial charge is 0.365 e. The van der Waals surface area contributed by atoms with Crippen LogP contribution in [0.3, 0.4) is 0 Å². The van der Waals surface area contributed by atoms with E-state index in [0.717, 1.165) is 0 Å². The first-order valence-corrected chi connectivity index (χ1v) is 5.86. The van der Waals surface area contributed by atoms with Crippen LogP contribution in [0.1, 0.15) is 11.1 Å². The molecule has 94 valence electrons. The fourth-order valence-electron chi connectivity index (χ4n) is 1.55. The highest BCUT2D eigenvalue weighted by Crippen LogP contribution is 2.20. The molecule has 2 rings (SSSR count). The van der Waals surface area contributed by atoms with Crippen molar-refractivity contribution in [2.45, 2.75) is 13.5 Å². The van der Waals surface area contributed by atoms with Gasteiger partial charge < -0.3 is 5.32 Å². The van der Waals surface area contributed by atoms with Crippen molar-refractivity contribution in [3.05, 3.63) is 46.6 Å². The van der Waals surface area contributed by atoms with E-state index in [1.807, 2.05) is 12.1 Å². The molecule has 0 aliphatic rings. The molecule has 0 aliphatic carbocycles. The van der Waals surface area contributed by atoms with Gasteiger partial charge in [-0.3, -0.25) is 5.43 Å². The Labute approximate surface area is 110 Å². The average molecular weight is 264 g/mol. The normalized spacial score (nSPS) is 10.2. The van der Waals surface area contributed by atoms with Gasteiger partial charge in [0.15, 0.2) is 5.82 Å². The van der Waals surface area contributed by atoms with Crippen LogP contribution in [-0.2, 0) is 6.54 Å². The minimum atomic E-state index is 0.326. The average Bonchev–Trinajstić information content (AvgIpc) is 2.39. The molecule has 0 radical (unpaired) electrons. The number of nitrogens with one attached hydrogen (secondary N) is 2. The molecule has 0 atom stereocenters. The second-order valence-electron chi connectivity index (χ2n) is 3.81. The minimum Gasteiger partial charge on any atom is -0.365 e. The van der Waals surface area contributed by atoms with Crippen molar-refractivity contribution in [2.24, 2.45) is 5.84 Å². The van der Waals surface area contributed by atoms with E-state index in [1.165, 1.54) is 17.3 Å². The van der Waals surface area contributed by atoms with E-state index in [-0.39, 0.29) is 0 Å². The topological polar surface area (TPSA) is 75.9 Å². The Kier molecular flexibility index (Phi) is 3.96. The van der Waals surface area contributed by atoms with Crippen LogP contribution < -0.4 is 16.6 Å². The lowest BCUT2D eigenvalue weighted by atomic mass is 10.1. The highest BCUT2D eigenvalue weighted by molar-refractivity contribution is 6.32. The Hall–Kier alpha value is -1.85. The van der Waals surface area contributed by atoms with E-state index in [0.29, 0.717) is 23.3 Å². The minimum absolute atomic E-state index is 0.326. The van der Waals surface area contributed by atoms with Gasteiger partial charge in [0.2, 0.25) is 5.95 Å². The van der Waals surface area contributed by atoms with Crippen LogP contribution in [0.5, 0.6) is 0 Å². The number of nitrogen functional groups attached to an aromatic ring is 1. The Bertz CT molecular complexity index is 544. The van der Waals surface area contributed by atoms with Crippen molar-refractivity contribution in [1.29, 1.82) is 0 Å². The number of hydrogen-bond acceptors (Lipinski definition) is 5. The molecule has 2 aromatic rings. The first-order chi connectivity index (χ1) is 8.70. The van der Waals surface area contributed by atoms with E-state index in [9.17, 15) is 0 Å². The zero-order valence-corrected chi connectivity index (χ0v) is 10.7. The number of nitrogens with zero attached hydrogens (tertiary/aromatic N) is 2. The van der Waals surface area contributed by atoms with Crippen LogP contribution in [-0.4, -0.2) is 9.97 Å². The predicted molar refractivity (Wildman–Crippen MR) is 73.4 cm³/mol. The molecule has 0 fully saturated rings. The molecule has 18 heavy (non-hydrogen) atoms. The zero-order chi connectivity index (χ0) is 13.0. The zero-order valence-electron chi connectivity index (χ0n) is 9.94. The van der Waals surface area contributed by atoms with E-state index >= 15 is 0 Å². The number of aromatic nitrogens is 2. The number of hydrazine groups is 1. The standard InChI is InChI=1S/C12H14ClN5/c1-8-4-2-3-5-9(8)6-15-11-10(13)7-16-12(17-11)18-14/h2-5,7H,6,14H2,1H3,(H2,15,16,17,18). The molecule has 0 amide bonds. The fraction of sp³-hybridized carbons (Fsp3) is 0.167. The van der Waals surface area contributed by atoms with Gasteiger partial charge in [-0.2, -0.15) is 4.98 Å². The fourth-order valence-corrected chi connectivity index (χ4v) is 1.71. The number of benzene rings is 1. The Morgan fingerprint density at radius 3 is 2.83 bits per heavy atom. The summed E-state index contributed by atoms with van der Waals surface area (Å²) in [5.74, 6) is 6.14. The van der Waals surface area contributed by atoms with Gasteiger partial charge in [0.25, 0.3) is 0 Å². The SMILES string of the molecule is Cc1ccccc1CNc1nc(NN)ncc1Cl. The monoisotopic (exact) mass is 263 g/mol. The van der Waals surface area contributed by atoms with Crippen LogP contribution in [0.15, 0.2) is 30.5 Å². The Balaban J connectivity index is 2.13. The molecule has 0 saturated carbocycles. The first kappa shape index (κ1) is 12.6. The molecule has 0 saturated heterocycles. The van der Waals surface area contributed by atoms with Gasteiger partial charge >= 0.3 is 0 Å². The molecule has 0 unspecified atom stereocenters. The molecule has 4 N–H and O–H groups in total. The third kappa shape index (κ3) is 2.88. The highest BCUT2D eigenvalue weighted by atomic mass is 35.5. The number of halogens is 1. The molecule has 1 aromatic heterocycles. The van der Waals surface area contributed by atoms with Crippen molar-refractivity contribution in [1.82, 2.24) is 9.97 Å². The maximum absolute atomic E-state index is 6.00. The molecular weight excluding hydrogens is 250 g/mol. The number of nitrogens with two attached hydrogens (primary N) is 1. The maximum atomic E-state index is 6.00. The highest BCUT2D eigenvalue weighted by Gasteiger charge is 2.05. The number of rotatable bonds is 4. The second kappa shape index (κ2) is 5.66. The summed E-state index contributed by atoms with van der Waals surface area (Å²) in [5.41, 5.74) is 4.79. The van der Waals surface area contributed by atoms with Crippen molar-refractivity contribution in [3.63, 3.8) is 0 Å². The van der Waals surface area contributed by atoms with Crippen LogP contribution in [0.2, 0.25) is 5.02 Å². The molecule has 1 aromatic carbocycles. The van der Waals surface area contributed by atoms with Crippen LogP contribution >= 0.6 is 11.6 Å². The van der Waals surface area contributed by atoms with Crippen LogP contribution in [0.4, 0.5) is 11.8 Å². The van der Waals surface area contributed by atoms with Crippen LogP contribution in [0, 0.1) is 6.92 Å². The lowest BCUT2D eigenvalue weighted by molar-refractivity contribution is 1.06. The van der Waals surface area contributed by atoms with Gasteiger partial charge in [-0.15, -0.1) is 0 Å². The smallest absolute Gasteiger partial charge is 0.239 e. The molecule has 1 heterocycles. The van der Waals surface area contributed by atoms with E-state index in [2.05, 4.69) is 39.8 Å². The molecule has 0 spiro atoms. The summed E-state index contributed by atoms with van der Waals surface area (Å²) in [5, 5.41) is 3.63. The lowest BCUT2D eigenvalue weighted by Gasteiger charge is -2.10. The Morgan fingerprint density at radius 2 is 2.11 bits per heavy atom. The third-order valence-corrected chi connectivity index (χ3v) is 2.86. The van der Waals surface area contributed by atoms with Gasteiger partial charge in [-0.1, -0.05) is 35.9 Å². The number of aryl methyl sites for hydroxylation is 1. The lowest BCUT2D eigenvalue weighted by Crippen LogP contribution is -2.12. The predicted octanol–water partition coefficient (Wildman–Crippen LogP) is 2.34. The molecule has 0 aliphatic heterocycles. The van der Waals surface area contributed by atoms with Gasteiger partial charge in [-0.25, -0.2) is 10.8 Å². The molecule has 0 bridgehead atoms. The third-order valence-electron chi connectivity index (χ3n) is 2.58. The molecular formula is C12H14ClN5.